The molecule has 1 saturated heterocycles. The molecule has 2 fully saturated rings. The van der Waals surface area contributed by atoms with E-state index >= 15 is 0 Å². The lowest BCUT2D eigenvalue weighted by molar-refractivity contribution is 0.00578. The van der Waals surface area contributed by atoms with E-state index in [0.717, 1.165) is 0 Å². The number of rotatable bonds is 3. The zero-order chi connectivity index (χ0) is 17.8. The number of nitrogens with two attached hydrogens (primary N) is 1. The van der Waals surface area contributed by atoms with Crippen LogP contribution in [0.5, 0.6) is 0 Å². The van der Waals surface area contributed by atoms with Crippen LogP contribution in [0.2, 0.25) is 0 Å². The third-order valence-corrected chi connectivity index (χ3v) is 5.61. The van der Waals surface area contributed by atoms with Crippen molar-refractivity contribution in [3.8, 4) is 12.1 Å². The Balaban J connectivity index is 1.89. The molecule has 0 atom stereocenters. The Morgan fingerprint density at radius 1 is 1.29 bits per heavy atom. The molecule has 1 aliphatic carbocycles. The molecule has 2 heterocycles. The summed E-state index contributed by atoms with van der Waals surface area (Å²) in [5, 5.41) is 22.6. The molecule has 0 bridgehead atoms. The van der Waals surface area contributed by atoms with Crippen LogP contribution in [-0.2, 0) is 14.8 Å². The van der Waals surface area contributed by atoms with Gasteiger partial charge in [0, 0.05) is 11.7 Å². The van der Waals surface area contributed by atoms with Crippen LogP contribution in [0.1, 0.15) is 47.0 Å². The van der Waals surface area contributed by atoms with Crippen molar-refractivity contribution >= 4 is 18.4 Å². The van der Waals surface area contributed by atoms with Crippen LogP contribution in [0.3, 0.4) is 0 Å². The predicted molar refractivity (Wildman–Crippen MR) is 88.9 cm³/mol. The summed E-state index contributed by atoms with van der Waals surface area (Å²) >= 11 is 0. The second-order valence-corrected chi connectivity index (χ2v) is 7.80. The zero-order valence-electron chi connectivity index (χ0n) is 14.5. The van der Waals surface area contributed by atoms with Gasteiger partial charge in [-0.25, -0.2) is 0 Å². The van der Waals surface area contributed by atoms with Crippen molar-refractivity contribution in [2.24, 2.45) is 5.92 Å². The van der Waals surface area contributed by atoms with E-state index in [4.69, 9.17) is 25.6 Å². The van der Waals surface area contributed by atoms with Gasteiger partial charge in [0.2, 0.25) is 0 Å². The van der Waals surface area contributed by atoms with E-state index in [0.29, 0.717) is 30.5 Å². The van der Waals surface area contributed by atoms with Gasteiger partial charge >= 0.3 is 7.12 Å². The van der Waals surface area contributed by atoms with Crippen LogP contribution in [0.15, 0.2) is 6.20 Å². The van der Waals surface area contributed by atoms with Crippen molar-refractivity contribution in [3.05, 3.63) is 6.20 Å². The van der Waals surface area contributed by atoms with Crippen molar-refractivity contribution in [2.75, 3.05) is 5.73 Å². The van der Waals surface area contributed by atoms with Crippen LogP contribution in [0, 0.1) is 28.6 Å². The van der Waals surface area contributed by atoms with Crippen LogP contribution < -0.4 is 11.2 Å². The number of nitriles is 2. The molecule has 8 heteroatoms. The maximum absolute atomic E-state index is 9.16. The highest BCUT2D eigenvalue weighted by molar-refractivity contribution is 6.63. The summed E-state index contributed by atoms with van der Waals surface area (Å²) in [6.45, 7) is 7.92. The Labute approximate surface area is 142 Å². The molecular weight excluding hydrogens is 305 g/mol. The Morgan fingerprint density at radius 3 is 2.38 bits per heavy atom. The molecule has 0 aromatic carbocycles. The van der Waals surface area contributed by atoms with E-state index in [1.54, 1.807) is 4.68 Å². The third kappa shape index (κ3) is 2.38. The van der Waals surface area contributed by atoms with Crippen LogP contribution in [0.25, 0.3) is 0 Å². The maximum Gasteiger partial charge on any atom is 0.500 e. The molecule has 0 unspecified atom stereocenters. The standard InChI is InChI=1S/C16H22BN5O2/c1-14(2)15(3,4)24-17(23-14)12-10-22(21-13(12)20)16(5-6-18)7-11(8-16)9-19/h10-11H,5,7-8H2,1-4H3,(H2,20,21)/t11-,16-. The first-order chi connectivity index (χ1) is 11.1. The van der Waals surface area contributed by atoms with Crippen molar-refractivity contribution in [2.45, 2.75) is 63.7 Å². The van der Waals surface area contributed by atoms with E-state index in [1.165, 1.54) is 0 Å². The molecule has 0 radical (unpaired) electrons. The van der Waals surface area contributed by atoms with Crippen LogP contribution in [-0.4, -0.2) is 28.1 Å². The quantitative estimate of drug-likeness (QED) is 0.838. The molecule has 2 aliphatic rings. The summed E-state index contributed by atoms with van der Waals surface area (Å²) in [5.74, 6) is 0.301. The lowest BCUT2D eigenvalue weighted by atomic mass is 9.67. The van der Waals surface area contributed by atoms with Crippen molar-refractivity contribution < 1.29 is 9.31 Å². The summed E-state index contributed by atoms with van der Waals surface area (Å²) in [6.07, 6.45) is 3.33. The van der Waals surface area contributed by atoms with Crippen molar-refractivity contribution in [3.63, 3.8) is 0 Å². The number of anilines is 1. The fourth-order valence-corrected chi connectivity index (χ4v) is 3.30. The number of hydrogen-bond acceptors (Lipinski definition) is 6. The van der Waals surface area contributed by atoms with Gasteiger partial charge in [0.15, 0.2) is 0 Å². The lowest BCUT2D eigenvalue weighted by Crippen LogP contribution is -2.46. The highest BCUT2D eigenvalue weighted by Crippen LogP contribution is 2.46. The largest absolute Gasteiger partial charge is 0.500 e. The summed E-state index contributed by atoms with van der Waals surface area (Å²) in [7, 11) is -0.588. The summed E-state index contributed by atoms with van der Waals surface area (Å²) in [6, 6.07) is 4.46. The monoisotopic (exact) mass is 327 g/mol. The van der Waals surface area contributed by atoms with Crippen LogP contribution in [0.4, 0.5) is 5.82 Å². The zero-order valence-corrected chi connectivity index (χ0v) is 14.5. The molecule has 1 aliphatic heterocycles. The third-order valence-electron chi connectivity index (χ3n) is 5.61. The molecule has 1 aromatic rings. The van der Waals surface area contributed by atoms with Crippen molar-refractivity contribution in [1.82, 2.24) is 9.78 Å². The average Bonchev–Trinajstić information content (AvgIpc) is 2.92. The molecule has 1 aromatic heterocycles. The first-order valence-corrected chi connectivity index (χ1v) is 8.12. The Kier molecular flexibility index (Phi) is 3.67. The number of nitrogen functional groups attached to an aromatic ring is 1. The fourth-order valence-electron chi connectivity index (χ4n) is 3.30. The summed E-state index contributed by atoms with van der Waals surface area (Å²) in [5.41, 5.74) is 5.40. The van der Waals surface area contributed by atoms with Crippen molar-refractivity contribution in [1.29, 1.82) is 10.5 Å². The van der Waals surface area contributed by atoms with Gasteiger partial charge in [-0.1, -0.05) is 0 Å². The van der Waals surface area contributed by atoms with Gasteiger partial charge in [0.1, 0.15) is 5.82 Å². The van der Waals surface area contributed by atoms with E-state index < -0.39 is 23.9 Å². The Hall–Kier alpha value is -2.03. The SMILES string of the molecule is CC1(C)OB(c2cn([C@]3(CC#N)C[C@@H](C#N)C3)nc2N)OC1(C)C. The molecule has 126 valence electrons. The molecule has 0 spiro atoms. The first-order valence-electron chi connectivity index (χ1n) is 8.12. The summed E-state index contributed by atoms with van der Waals surface area (Å²) < 4.78 is 13.8. The van der Waals surface area contributed by atoms with Crippen LogP contribution >= 0.6 is 0 Å². The molecule has 24 heavy (non-hydrogen) atoms. The van der Waals surface area contributed by atoms with Gasteiger partial charge in [0.05, 0.1) is 41.2 Å². The molecular formula is C16H22BN5O2. The number of hydrogen-bond donors (Lipinski definition) is 1. The van der Waals surface area contributed by atoms with Gasteiger partial charge in [-0.15, -0.1) is 0 Å². The molecule has 2 N–H and O–H groups in total. The molecule has 7 nitrogen and oxygen atoms in total. The average molecular weight is 327 g/mol. The molecule has 3 rings (SSSR count). The first kappa shape index (κ1) is 16.8. The van der Waals surface area contributed by atoms with E-state index in [2.05, 4.69) is 17.2 Å². The highest BCUT2D eigenvalue weighted by atomic mass is 16.7. The number of aromatic nitrogens is 2. The molecule has 1 saturated carbocycles. The maximum atomic E-state index is 9.16. The topological polar surface area (TPSA) is 110 Å². The van der Waals surface area contributed by atoms with Gasteiger partial charge in [-0.3, -0.25) is 4.68 Å². The lowest BCUT2D eigenvalue weighted by Gasteiger charge is -2.43. The Morgan fingerprint density at radius 2 is 1.88 bits per heavy atom. The predicted octanol–water partition coefficient (Wildman–Crippen LogP) is 1.31. The highest BCUT2D eigenvalue weighted by Gasteiger charge is 2.54. The fraction of sp³-hybridized carbons (Fsp3) is 0.688. The second-order valence-electron chi connectivity index (χ2n) is 7.80. The van der Waals surface area contributed by atoms with Gasteiger partial charge in [-0.05, 0) is 40.5 Å². The second kappa shape index (κ2) is 5.24. The van der Waals surface area contributed by atoms with Gasteiger partial charge in [0.25, 0.3) is 0 Å². The Bertz CT molecular complexity index is 721. The van der Waals surface area contributed by atoms with E-state index in [9.17, 15) is 0 Å². The van der Waals surface area contributed by atoms with E-state index in [-0.39, 0.29) is 5.92 Å². The minimum Gasteiger partial charge on any atom is -0.399 e. The minimum absolute atomic E-state index is 0.0379. The minimum atomic E-state index is -0.588. The smallest absolute Gasteiger partial charge is 0.399 e. The summed E-state index contributed by atoms with van der Waals surface area (Å²) in [4.78, 5) is 0. The normalized spacial score (nSPS) is 30.4. The van der Waals surface area contributed by atoms with Gasteiger partial charge < -0.3 is 15.0 Å². The number of nitrogens with zero attached hydrogens (tertiary/aromatic N) is 4. The van der Waals surface area contributed by atoms with E-state index in [1.807, 2.05) is 33.9 Å². The van der Waals surface area contributed by atoms with Gasteiger partial charge in [-0.2, -0.15) is 15.6 Å². The molecule has 0 amide bonds.